The van der Waals surface area contributed by atoms with Crippen LogP contribution in [0.2, 0.25) is 0 Å². The zero-order valence-electron chi connectivity index (χ0n) is 9.08. The van der Waals surface area contributed by atoms with E-state index in [0.29, 0.717) is 0 Å². The Balaban J connectivity index is 1.75. The van der Waals surface area contributed by atoms with E-state index in [1.807, 2.05) is 24.3 Å². The molecule has 0 spiro atoms. The second-order valence-corrected chi connectivity index (χ2v) is 4.06. The van der Waals surface area contributed by atoms with Gasteiger partial charge in [-0.3, -0.25) is 0 Å². The lowest BCUT2D eigenvalue weighted by atomic mass is 10.3. The van der Waals surface area contributed by atoms with Crippen LogP contribution in [-0.4, -0.2) is 31.1 Å². The Kier molecular flexibility index (Phi) is 3.45. The Morgan fingerprint density at radius 3 is 2.67 bits per heavy atom. The van der Waals surface area contributed by atoms with Gasteiger partial charge in [0.05, 0.1) is 11.4 Å². The molecule has 1 aliphatic rings. The number of hydrogen-bond acceptors (Lipinski definition) is 3. The minimum absolute atomic E-state index is 0.832. The molecule has 15 heavy (non-hydrogen) atoms. The summed E-state index contributed by atoms with van der Waals surface area (Å²) in [5.74, 6) is 0. The number of benzene rings is 1. The first kappa shape index (κ1) is 10.3. The highest BCUT2D eigenvalue weighted by Gasteiger charge is 2.10. The summed E-state index contributed by atoms with van der Waals surface area (Å²) in [6.07, 6.45) is 2.71. The van der Waals surface area contributed by atoms with Crippen LogP contribution in [0.1, 0.15) is 12.8 Å². The second kappa shape index (κ2) is 5.03. The van der Waals surface area contributed by atoms with E-state index in [0.717, 1.165) is 24.5 Å². The average molecular weight is 205 g/mol. The minimum atomic E-state index is 0.832. The SMILES string of the molecule is Nc1ccccc1NCCN1CCCC1. The van der Waals surface area contributed by atoms with Gasteiger partial charge >= 0.3 is 0 Å². The topological polar surface area (TPSA) is 41.3 Å². The maximum atomic E-state index is 5.84. The van der Waals surface area contributed by atoms with Crippen molar-refractivity contribution in [2.45, 2.75) is 12.8 Å². The van der Waals surface area contributed by atoms with Crippen molar-refractivity contribution in [1.82, 2.24) is 4.90 Å². The van der Waals surface area contributed by atoms with Gasteiger partial charge in [0.15, 0.2) is 0 Å². The predicted molar refractivity (Wildman–Crippen MR) is 65.0 cm³/mol. The summed E-state index contributed by atoms with van der Waals surface area (Å²) in [7, 11) is 0. The van der Waals surface area contributed by atoms with E-state index >= 15 is 0 Å². The summed E-state index contributed by atoms with van der Waals surface area (Å²) in [6, 6.07) is 7.92. The van der Waals surface area contributed by atoms with Crippen molar-refractivity contribution >= 4 is 11.4 Å². The number of likely N-dealkylation sites (tertiary alicyclic amines) is 1. The summed E-state index contributed by atoms with van der Waals surface area (Å²) in [5.41, 5.74) is 7.72. The van der Waals surface area contributed by atoms with Crippen molar-refractivity contribution in [1.29, 1.82) is 0 Å². The molecule has 3 N–H and O–H groups in total. The molecule has 0 unspecified atom stereocenters. The maximum Gasteiger partial charge on any atom is 0.0574 e. The molecule has 0 bridgehead atoms. The van der Waals surface area contributed by atoms with Gasteiger partial charge in [-0.2, -0.15) is 0 Å². The van der Waals surface area contributed by atoms with Gasteiger partial charge in [-0.25, -0.2) is 0 Å². The van der Waals surface area contributed by atoms with Crippen molar-refractivity contribution in [2.75, 3.05) is 37.2 Å². The van der Waals surface area contributed by atoms with E-state index in [-0.39, 0.29) is 0 Å². The molecule has 0 aliphatic carbocycles. The smallest absolute Gasteiger partial charge is 0.0574 e. The average Bonchev–Trinajstić information content (AvgIpc) is 2.74. The summed E-state index contributed by atoms with van der Waals surface area (Å²) in [4.78, 5) is 2.49. The predicted octanol–water partition coefficient (Wildman–Crippen LogP) is 1.78. The van der Waals surface area contributed by atoms with Crippen LogP contribution in [0.15, 0.2) is 24.3 Å². The van der Waals surface area contributed by atoms with E-state index < -0.39 is 0 Å². The van der Waals surface area contributed by atoms with Crippen LogP contribution >= 0.6 is 0 Å². The highest BCUT2D eigenvalue weighted by Crippen LogP contribution is 2.16. The third-order valence-corrected chi connectivity index (χ3v) is 2.90. The molecule has 3 heteroatoms. The van der Waals surface area contributed by atoms with Crippen molar-refractivity contribution < 1.29 is 0 Å². The van der Waals surface area contributed by atoms with Crippen molar-refractivity contribution in [3.8, 4) is 0 Å². The Labute approximate surface area is 91.3 Å². The van der Waals surface area contributed by atoms with Gasteiger partial charge < -0.3 is 16.0 Å². The van der Waals surface area contributed by atoms with E-state index in [2.05, 4.69) is 10.2 Å². The van der Waals surface area contributed by atoms with Crippen LogP contribution in [0.3, 0.4) is 0 Å². The van der Waals surface area contributed by atoms with E-state index in [1.54, 1.807) is 0 Å². The molecule has 0 saturated carbocycles. The molecule has 0 aromatic heterocycles. The van der Waals surface area contributed by atoms with Gasteiger partial charge in [0.2, 0.25) is 0 Å². The van der Waals surface area contributed by atoms with Gasteiger partial charge in [-0.15, -0.1) is 0 Å². The number of para-hydroxylation sites is 2. The van der Waals surface area contributed by atoms with E-state index in [4.69, 9.17) is 5.73 Å². The first-order chi connectivity index (χ1) is 7.36. The number of nitrogens with two attached hydrogens (primary N) is 1. The normalized spacial score (nSPS) is 16.8. The number of anilines is 2. The van der Waals surface area contributed by atoms with Gasteiger partial charge in [0.1, 0.15) is 0 Å². The van der Waals surface area contributed by atoms with Crippen molar-refractivity contribution in [3.63, 3.8) is 0 Å². The highest BCUT2D eigenvalue weighted by molar-refractivity contribution is 5.65. The summed E-state index contributed by atoms with van der Waals surface area (Å²) >= 11 is 0. The third-order valence-electron chi connectivity index (χ3n) is 2.90. The summed E-state index contributed by atoms with van der Waals surface area (Å²) in [6.45, 7) is 4.61. The third kappa shape index (κ3) is 2.86. The fourth-order valence-electron chi connectivity index (χ4n) is 2.01. The van der Waals surface area contributed by atoms with E-state index in [1.165, 1.54) is 25.9 Å². The standard InChI is InChI=1S/C12H19N3/c13-11-5-1-2-6-12(11)14-7-10-15-8-3-4-9-15/h1-2,5-6,14H,3-4,7-10,13H2. The molecule has 0 amide bonds. The largest absolute Gasteiger partial charge is 0.397 e. The monoisotopic (exact) mass is 205 g/mol. The number of nitrogens with zero attached hydrogens (tertiary/aromatic N) is 1. The maximum absolute atomic E-state index is 5.84. The number of rotatable bonds is 4. The zero-order chi connectivity index (χ0) is 10.5. The van der Waals surface area contributed by atoms with Gasteiger partial charge in [0.25, 0.3) is 0 Å². The van der Waals surface area contributed by atoms with Gasteiger partial charge in [0, 0.05) is 13.1 Å². The Bertz CT molecular complexity index is 305. The molecule has 1 aromatic rings. The first-order valence-electron chi connectivity index (χ1n) is 5.67. The van der Waals surface area contributed by atoms with Crippen molar-refractivity contribution in [3.05, 3.63) is 24.3 Å². The molecule has 3 nitrogen and oxygen atoms in total. The molecule has 1 saturated heterocycles. The minimum Gasteiger partial charge on any atom is -0.397 e. The molecule has 1 aliphatic heterocycles. The Morgan fingerprint density at radius 1 is 1.20 bits per heavy atom. The summed E-state index contributed by atoms with van der Waals surface area (Å²) < 4.78 is 0. The van der Waals surface area contributed by atoms with Crippen LogP contribution in [0.4, 0.5) is 11.4 Å². The first-order valence-corrected chi connectivity index (χ1v) is 5.67. The molecule has 82 valence electrons. The van der Waals surface area contributed by atoms with Crippen LogP contribution < -0.4 is 11.1 Å². The van der Waals surface area contributed by atoms with Crippen LogP contribution in [0, 0.1) is 0 Å². The van der Waals surface area contributed by atoms with Crippen LogP contribution in [-0.2, 0) is 0 Å². The molecule has 0 radical (unpaired) electrons. The number of hydrogen-bond donors (Lipinski definition) is 2. The highest BCUT2D eigenvalue weighted by atomic mass is 15.1. The molecule has 2 rings (SSSR count). The summed E-state index contributed by atoms with van der Waals surface area (Å²) in [5, 5.41) is 3.37. The number of nitrogen functional groups attached to an aromatic ring is 1. The fraction of sp³-hybridized carbons (Fsp3) is 0.500. The molecule has 1 fully saturated rings. The lowest BCUT2D eigenvalue weighted by Crippen LogP contribution is -2.26. The number of nitrogens with one attached hydrogen (secondary N) is 1. The Hall–Kier alpha value is -1.22. The lowest BCUT2D eigenvalue weighted by Gasteiger charge is -2.15. The van der Waals surface area contributed by atoms with Crippen LogP contribution in [0.25, 0.3) is 0 Å². The Morgan fingerprint density at radius 2 is 1.93 bits per heavy atom. The molecular weight excluding hydrogens is 186 g/mol. The van der Waals surface area contributed by atoms with E-state index in [9.17, 15) is 0 Å². The van der Waals surface area contributed by atoms with Gasteiger partial charge in [-0.05, 0) is 38.1 Å². The van der Waals surface area contributed by atoms with Gasteiger partial charge in [-0.1, -0.05) is 12.1 Å². The molecular formula is C12H19N3. The fourth-order valence-corrected chi connectivity index (χ4v) is 2.01. The quantitative estimate of drug-likeness (QED) is 0.736. The molecule has 1 heterocycles. The lowest BCUT2D eigenvalue weighted by molar-refractivity contribution is 0.353. The molecule has 0 atom stereocenters. The zero-order valence-corrected chi connectivity index (χ0v) is 9.08. The van der Waals surface area contributed by atoms with Crippen LogP contribution in [0.5, 0.6) is 0 Å². The van der Waals surface area contributed by atoms with Crippen molar-refractivity contribution in [2.24, 2.45) is 0 Å². The molecule has 1 aromatic carbocycles. The second-order valence-electron chi connectivity index (χ2n) is 4.06.